The summed E-state index contributed by atoms with van der Waals surface area (Å²) in [6.45, 7) is 1.65. The Morgan fingerprint density at radius 3 is 3.13 bits per heavy atom. The van der Waals surface area contributed by atoms with E-state index >= 15 is 0 Å². The van der Waals surface area contributed by atoms with E-state index in [4.69, 9.17) is 5.11 Å². The molecule has 2 N–H and O–H groups in total. The van der Waals surface area contributed by atoms with Crippen molar-refractivity contribution in [3.8, 4) is 0 Å². The summed E-state index contributed by atoms with van der Waals surface area (Å²) in [5.74, 6) is -0.815. The molecular weight excluding hydrogens is 194 g/mol. The first-order chi connectivity index (χ1) is 7.25. The molecule has 2 rings (SSSR count). The molecule has 0 spiro atoms. The van der Waals surface area contributed by atoms with Crippen molar-refractivity contribution >= 4 is 12.3 Å². The molecule has 0 saturated carbocycles. The average Bonchev–Trinajstić information content (AvgIpc) is 2.67. The van der Waals surface area contributed by atoms with Gasteiger partial charge in [-0.05, 0) is 19.3 Å². The van der Waals surface area contributed by atoms with Crippen LogP contribution in [0, 0.1) is 0 Å². The highest BCUT2D eigenvalue weighted by molar-refractivity contribution is 5.74. The van der Waals surface area contributed by atoms with Crippen molar-refractivity contribution in [2.45, 2.75) is 19.3 Å². The van der Waals surface area contributed by atoms with Gasteiger partial charge in [-0.15, -0.1) is 0 Å². The molecule has 5 heteroatoms. The lowest BCUT2D eigenvalue weighted by Crippen LogP contribution is -2.28. The van der Waals surface area contributed by atoms with Crippen molar-refractivity contribution in [2.75, 3.05) is 19.6 Å². The van der Waals surface area contributed by atoms with Gasteiger partial charge in [0.15, 0.2) is 0 Å². The van der Waals surface area contributed by atoms with Crippen molar-refractivity contribution in [2.24, 2.45) is 4.99 Å². The fourth-order valence-electron chi connectivity index (χ4n) is 1.87. The normalized spacial score (nSPS) is 25.5. The Morgan fingerprint density at radius 1 is 1.60 bits per heavy atom. The molecule has 2 heterocycles. The Morgan fingerprint density at radius 2 is 2.47 bits per heavy atom. The number of hydrogen-bond acceptors (Lipinski definition) is 4. The van der Waals surface area contributed by atoms with Crippen LogP contribution in [0.4, 0.5) is 0 Å². The van der Waals surface area contributed by atoms with Crippen LogP contribution in [0.3, 0.4) is 0 Å². The SMILES string of the molecule is O=C(O)CN1C=N/C(=C2/CCCCN2)C1. The van der Waals surface area contributed by atoms with Crippen LogP contribution in [0.1, 0.15) is 19.3 Å². The van der Waals surface area contributed by atoms with Gasteiger partial charge >= 0.3 is 5.97 Å². The van der Waals surface area contributed by atoms with Crippen LogP contribution in [0.2, 0.25) is 0 Å². The Hall–Kier alpha value is -1.52. The van der Waals surface area contributed by atoms with E-state index in [1.165, 1.54) is 18.5 Å². The summed E-state index contributed by atoms with van der Waals surface area (Å²) in [6.07, 6.45) is 5.06. The van der Waals surface area contributed by atoms with Crippen LogP contribution >= 0.6 is 0 Å². The maximum atomic E-state index is 10.5. The largest absolute Gasteiger partial charge is 0.480 e. The van der Waals surface area contributed by atoms with Crippen molar-refractivity contribution in [1.29, 1.82) is 0 Å². The number of carbonyl (C=O) groups is 1. The highest BCUT2D eigenvalue weighted by Crippen LogP contribution is 2.18. The molecule has 0 atom stereocenters. The van der Waals surface area contributed by atoms with Crippen LogP contribution in [-0.2, 0) is 4.79 Å². The predicted octanol–water partition coefficient (Wildman–Crippen LogP) is 0.400. The van der Waals surface area contributed by atoms with E-state index in [1.54, 1.807) is 11.2 Å². The van der Waals surface area contributed by atoms with Gasteiger partial charge in [0.1, 0.15) is 6.54 Å². The third-order valence-corrected chi connectivity index (χ3v) is 2.61. The van der Waals surface area contributed by atoms with E-state index in [0.717, 1.165) is 18.7 Å². The Balaban J connectivity index is 1.97. The number of allylic oxidation sites excluding steroid dienone is 1. The van der Waals surface area contributed by atoms with Gasteiger partial charge in [0, 0.05) is 12.2 Å². The number of carboxylic acids is 1. The van der Waals surface area contributed by atoms with E-state index in [9.17, 15) is 4.79 Å². The Bertz CT molecular complexity index is 315. The molecule has 15 heavy (non-hydrogen) atoms. The Labute approximate surface area is 88.5 Å². The highest BCUT2D eigenvalue weighted by atomic mass is 16.4. The lowest BCUT2D eigenvalue weighted by molar-refractivity contribution is -0.137. The number of nitrogens with zero attached hydrogens (tertiary/aromatic N) is 2. The molecule has 1 saturated heterocycles. The van der Waals surface area contributed by atoms with E-state index < -0.39 is 5.97 Å². The summed E-state index contributed by atoms with van der Waals surface area (Å²) in [6, 6.07) is 0. The monoisotopic (exact) mass is 209 g/mol. The molecule has 0 radical (unpaired) electrons. The van der Waals surface area contributed by atoms with Crippen molar-refractivity contribution in [3.63, 3.8) is 0 Å². The zero-order valence-electron chi connectivity index (χ0n) is 8.57. The summed E-state index contributed by atoms with van der Waals surface area (Å²) >= 11 is 0. The maximum absolute atomic E-state index is 10.5. The van der Waals surface area contributed by atoms with Gasteiger partial charge < -0.3 is 15.3 Å². The second-order valence-electron chi connectivity index (χ2n) is 3.85. The number of carboxylic acid groups (broad SMARTS) is 1. The fraction of sp³-hybridized carbons (Fsp3) is 0.600. The summed E-state index contributed by atoms with van der Waals surface area (Å²) in [4.78, 5) is 16.5. The molecule has 2 aliphatic rings. The first-order valence-corrected chi connectivity index (χ1v) is 5.21. The lowest BCUT2D eigenvalue weighted by atomic mass is 10.1. The van der Waals surface area contributed by atoms with E-state index in [1.807, 2.05) is 0 Å². The average molecular weight is 209 g/mol. The second kappa shape index (κ2) is 4.33. The van der Waals surface area contributed by atoms with Crippen molar-refractivity contribution in [3.05, 3.63) is 11.4 Å². The van der Waals surface area contributed by atoms with Gasteiger partial charge in [0.25, 0.3) is 0 Å². The summed E-state index contributed by atoms with van der Waals surface area (Å²) in [5, 5.41) is 12.0. The van der Waals surface area contributed by atoms with Crippen LogP contribution < -0.4 is 5.32 Å². The molecule has 2 aliphatic heterocycles. The molecule has 0 amide bonds. The van der Waals surface area contributed by atoms with Crippen molar-refractivity contribution in [1.82, 2.24) is 10.2 Å². The van der Waals surface area contributed by atoms with Crippen LogP contribution in [0.25, 0.3) is 0 Å². The smallest absolute Gasteiger partial charge is 0.323 e. The zero-order chi connectivity index (χ0) is 10.7. The number of nitrogens with one attached hydrogen (secondary N) is 1. The molecule has 0 aliphatic carbocycles. The molecule has 82 valence electrons. The molecule has 0 bridgehead atoms. The standard InChI is InChI=1S/C10H15N3O2/c14-10(15)6-13-5-9(12-7-13)8-3-1-2-4-11-8/h7,11H,1-6H2,(H,14,15)/b9-8-. The van der Waals surface area contributed by atoms with Gasteiger partial charge in [-0.3, -0.25) is 4.79 Å². The lowest BCUT2D eigenvalue weighted by Gasteiger charge is -2.18. The minimum atomic E-state index is -0.815. The molecular formula is C10H15N3O2. The van der Waals surface area contributed by atoms with Crippen molar-refractivity contribution < 1.29 is 9.90 Å². The Kier molecular flexibility index (Phi) is 2.89. The van der Waals surface area contributed by atoms with Gasteiger partial charge in [-0.1, -0.05) is 0 Å². The van der Waals surface area contributed by atoms with Crippen LogP contribution in [0.15, 0.2) is 16.4 Å². The summed E-state index contributed by atoms with van der Waals surface area (Å²) in [7, 11) is 0. The van der Waals surface area contributed by atoms with Gasteiger partial charge in [0.05, 0.1) is 18.6 Å². The molecule has 0 aromatic heterocycles. The van der Waals surface area contributed by atoms with Crippen LogP contribution in [-0.4, -0.2) is 41.9 Å². The van der Waals surface area contributed by atoms with Gasteiger partial charge in [0.2, 0.25) is 0 Å². The van der Waals surface area contributed by atoms with Gasteiger partial charge in [-0.2, -0.15) is 0 Å². The third kappa shape index (κ3) is 2.49. The summed E-state index contributed by atoms with van der Waals surface area (Å²) < 4.78 is 0. The number of hydrogen-bond donors (Lipinski definition) is 2. The first-order valence-electron chi connectivity index (χ1n) is 5.21. The highest BCUT2D eigenvalue weighted by Gasteiger charge is 2.18. The van der Waals surface area contributed by atoms with Crippen LogP contribution in [0.5, 0.6) is 0 Å². The van der Waals surface area contributed by atoms with E-state index in [0.29, 0.717) is 6.54 Å². The second-order valence-corrected chi connectivity index (χ2v) is 3.85. The summed E-state index contributed by atoms with van der Waals surface area (Å²) in [5.41, 5.74) is 2.18. The quantitative estimate of drug-likeness (QED) is 0.691. The molecule has 0 aromatic rings. The molecule has 0 unspecified atom stereocenters. The van der Waals surface area contributed by atoms with E-state index in [2.05, 4.69) is 10.3 Å². The molecule has 1 fully saturated rings. The first kappa shape index (κ1) is 10.0. The molecule has 5 nitrogen and oxygen atoms in total. The zero-order valence-corrected chi connectivity index (χ0v) is 8.57. The van der Waals surface area contributed by atoms with E-state index in [-0.39, 0.29) is 6.54 Å². The third-order valence-electron chi connectivity index (χ3n) is 2.61. The number of aliphatic imine (C=N–C) groups is 1. The predicted molar refractivity (Wildman–Crippen MR) is 56.6 cm³/mol. The van der Waals surface area contributed by atoms with Gasteiger partial charge in [-0.25, -0.2) is 4.99 Å². The fourth-order valence-corrected chi connectivity index (χ4v) is 1.87. The molecule has 0 aromatic carbocycles. The number of aliphatic carboxylic acids is 1. The number of rotatable bonds is 2. The minimum Gasteiger partial charge on any atom is -0.480 e. The number of piperidine rings is 1. The topological polar surface area (TPSA) is 64.9 Å². The minimum absolute atomic E-state index is 0.0281. The maximum Gasteiger partial charge on any atom is 0.323 e.